The van der Waals surface area contributed by atoms with Gasteiger partial charge in [-0.2, -0.15) is 0 Å². The summed E-state index contributed by atoms with van der Waals surface area (Å²) in [4.78, 5) is 14.9. The highest BCUT2D eigenvalue weighted by molar-refractivity contribution is 6.04. The average Bonchev–Trinajstić information content (AvgIpc) is 3.13. The van der Waals surface area contributed by atoms with Gasteiger partial charge >= 0.3 is 0 Å². The van der Waals surface area contributed by atoms with Gasteiger partial charge in [0.25, 0.3) is 5.91 Å². The third-order valence-corrected chi connectivity index (χ3v) is 4.73. The number of ether oxygens (including phenoxy) is 4. The third-order valence-electron chi connectivity index (χ3n) is 4.73. The van der Waals surface area contributed by atoms with Crippen molar-refractivity contribution in [1.29, 1.82) is 0 Å². The molecule has 134 valence electrons. The summed E-state index contributed by atoms with van der Waals surface area (Å²) in [5.41, 5.74) is 3.00. The molecule has 2 heterocycles. The number of amides is 1. The van der Waals surface area contributed by atoms with Crippen molar-refractivity contribution in [3.05, 3.63) is 53.6 Å². The molecule has 0 fully saturated rings. The number of hydrogen-bond donors (Lipinski definition) is 0. The van der Waals surface area contributed by atoms with Gasteiger partial charge in [-0.25, -0.2) is 0 Å². The molecule has 2 aromatic rings. The summed E-state index contributed by atoms with van der Waals surface area (Å²) >= 11 is 0. The summed E-state index contributed by atoms with van der Waals surface area (Å²) in [5.74, 6) is 2.15. The lowest BCUT2D eigenvalue weighted by molar-refractivity contribution is 0.0826. The molecule has 2 aromatic carbocycles. The minimum Gasteiger partial charge on any atom is -0.496 e. The molecular formula is C20H19NO5. The molecule has 0 N–H and O–H groups in total. The molecule has 0 aromatic heterocycles. The first-order chi connectivity index (χ1) is 12.6. The summed E-state index contributed by atoms with van der Waals surface area (Å²) < 4.78 is 21.6. The number of carbonyl (C=O) groups is 1. The number of methoxy groups -OCH3 is 2. The minimum absolute atomic E-state index is 0.201. The fraction of sp³-hybridized carbons (Fsp3) is 0.250. The highest BCUT2D eigenvalue weighted by atomic mass is 16.7. The molecule has 4 rings (SSSR count). The highest BCUT2D eigenvalue weighted by Gasteiger charge is 2.31. The van der Waals surface area contributed by atoms with Crippen LogP contribution in [0.4, 0.5) is 0 Å². The monoisotopic (exact) mass is 353 g/mol. The van der Waals surface area contributed by atoms with Crippen LogP contribution in [-0.2, 0) is 6.42 Å². The van der Waals surface area contributed by atoms with Gasteiger partial charge in [0.15, 0.2) is 11.5 Å². The van der Waals surface area contributed by atoms with Crippen molar-refractivity contribution in [3.8, 4) is 23.0 Å². The van der Waals surface area contributed by atoms with Crippen LogP contribution in [0.3, 0.4) is 0 Å². The quantitative estimate of drug-likeness (QED) is 0.849. The fourth-order valence-corrected chi connectivity index (χ4v) is 3.39. The lowest BCUT2D eigenvalue weighted by Crippen LogP contribution is -2.35. The largest absolute Gasteiger partial charge is 0.496 e. The van der Waals surface area contributed by atoms with E-state index in [0.29, 0.717) is 41.5 Å². The number of fused-ring (bicyclic) bond motifs is 2. The van der Waals surface area contributed by atoms with Gasteiger partial charge in [0.1, 0.15) is 17.1 Å². The lowest BCUT2D eigenvalue weighted by Gasteiger charge is -2.31. The molecule has 6 heteroatoms. The van der Waals surface area contributed by atoms with Crippen LogP contribution in [0.5, 0.6) is 23.0 Å². The Kier molecular flexibility index (Phi) is 3.95. The Morgan fingerprint density at radius 3 is 2.42 bits per heavy atom. The maximum Gasteiger partial charge on any atom is 0.265 e. The molecule has 0 bridgehead atoms. The first-order valence-corrected chi connectivity index (χ1v) is 8.28. The fourth-order valence-electron chi connectivity index (χ4n) is 3.39. The normalized spacial score (nSPS) is 14.8. The number of benzene rings is 2. The van der Waals surface area contributed by atoms with Gasteiger partial charge in [0.2, 0.25) is 6.79 Å². The van der Waals surface area contributed by atoms with E-state index in [1.807, 2.05) is 12.1 Å². The van der Waals surface area contributed by atoms with E-state index in [1.54, 1.807) is 23.1 Å². The van der Waals surface area contributed by atoms with Crippen molar-refractivity contribution >= 4 is 11.6 Å². The van der Waals surface area contributed by atoms with Crippen LogP contribution >= 0.6 is 0 Å². The molecule has 26 heavy (non-hydrogen) atoms. The topological polar surface area (TPSA) is 57.2 Å². The van der Waals surface area contributed by atoms with Crippen molar-refractivity contribution < 1.29 is 23.7 Å². The van der Waals surface area contributed by atoms with E-state index in [9.17, 15) is 4.79 Å². The number of rotatable bonds is 3. The molecule has 0 atom stereocenters. The second kappa shape index (κ2) is 6.29. The number of hydrogen-bond acceptors (Lipinski definition) is 5. The van der Waals surface area contributed by atoms with Crippen LogP contribution in [-0.4, -0.2) is 38.4 Å². The molecule has 2 aliphatic heterocycles. The molecule has 0 saturated heterocycles. The van der Waals surface area contributed by atoms with Crippen molar-refractivity contribution in [2.45, 2.75) is 6.42 Å². The Hall–Kier alpha value is -3.15. The second-order valence-electron chi connectivity index (χ2n) is 6.05. The molecule has 2 aliphatic rings. The highest BCUT2D eigenvalue weighted by Crippen LogP contribution is 2.41. The van der Waals surface area contributed by atoms with Crippen LogP contribution in [0.1, 0.15) is 21.5 Å². The molecule has 0 unspecified atom stereocenters. The summed E-state index contributed by atoms with van der Waals surface area (Å²) in [6, 6.07) is 9.13. The first-order valence-electron chi connectivity index (χ1n) is 8.28. The lowest BCUT2D eigenvalue weighted by atomic mass is 9.95. The van der Waals surface area contributed by atoms with Crippen molar-refractivity contribution in [2.24, 2.45) is 0 Å². The zero-order chi connectivity index (χ0) is 18.3. The SMILES string of the molecule is C=C1c2cc3c(cc2CCN1C(=O)c1c(OC)cccc1OC)OCO3. The zero-order valence-electron chi connectivity index (χ0n) is 14.7. The molecule has 1 amide bonds. The maximum absolute atomic E-state index is 13.3. The minimum atomic E-state index is -0.201. The smallest absolute Gasteiger partial charge is 0.265 e. The first kappa shape index (κ1) is 16.3. The van der Waals surface area contributed by atoms with E-state index < -0.39 is 0 Å². The summed E-state index contributed by atoms with van der Waals surface area (Å²) in [7, 11) is 3.07. The van der Waals surface area contributed by atoms with E-state index in [1.165, 1.54) is 14.2 Å². The van der Waals surface area contributed by atoms with Crippen LogP contribution in [0.25, 0.3) is 5.70 Å². The maximum atomic E-state index is 13.3. The van der Waals surface area contributed by atoms with Crippen LogP contribution < -0.4 is 18.9 Å². The van der Waals surface area contributed by atoms with E-state index in [4.69, 9.17) is 18.9 Å². The van der Waals surface area contributed by atoms with E-state index in [0.717, 1.165) is 16.9 Å². The van der Waals surface area contributed by atoms with E-state index >= 15 is 0 Å². The van der Waals surface area contributed by atoms with E-state index in [2.05, 4.69) is 6.58 Å². The second-order valence-corrected chi connectivity index (χ2v) is 6.05. The molecule has 6 nitrogen and oxygen atoms in total. The zero-order valence-corrected chi connectivity index (χ0v) is 14.7. The summed E-state index contributed by atoms with van der Waals surface area (Å²) in [5, 5.41) is 0. The predicted octanol–water partition coefficient (Wildman–Crippen LogP) is 3.10. The number of carbonyl (C=O) groups excluding carboxylic acids is 1. The van der Waals surface area contributed by atoms with Crippen molar-refractivity contribution in [2.75, 3.05) is 27.6 Å². The van der Waals surface area contributed by atoms with Gasteiger partial charge in [0, 0.05) is 17.8 Å². The van der Waals surface area contributed by atoms with Crippen molar-refractivity contribution in [1.82, 2.24) is 4.90 Å². The van der Waals surface area contributed by atoms with Crippen molar-refractivity contribution in [3.63, 3.8) is 0 Å². The van der Waals surface area contributed by atoms with Crippen LogP contribution in [0.15, 0.2) is 36.9 Å². The average molecular weight is 353 g/mol. The predicted molar refractivity (Wildman–Crippen MR) is 95.9 cm³/mol. The van der Waals surface area contributed by atoms with Gasteiger partial charge in [-0.05, 0) is 36.2 Å². The molecule has 0 radical (unpaired) electrons. The summed E-state index contributed by atoms with van der Waals surface area (Å²) in [6.45, 7) is 4.88. The Balaban J connectivity index is 1.72. The number of nitrogens with zero attached hydrogens (tertiary/aromatic N) is 1. The molecular weight excluding hydrogens is 334 g/mol. The summed E-state index contributed by atoms with van der Waals surface area (Å²) in [6.07, 6.45) is 0.703. The molecule has 0 saturated carbocycles. The van der Waals surface area contributed by atoms with Gasteiger partial charge in [0.05, 0.1) is 14.2 Å². The van der Waals surface area contributed by atoms with Gasteiger partial charge in [-0.3, -0.25) is 4.79 Å². The van der Waals surface area contributed by atoms with Crippen LogP contribution in [0, 0.1) is 0 Å². The Labute approximate surface area is 151 Å². The van der Waals surface area contributed by atoms with Gasteiger partial charge < -0.3 is 23.8 Å². The van der Waals surface area contributed by atoms with Crippen LogP contribution in [0.2, 0.25) is 0 Å². The Morgan fingerprint density at radius 1 is 1.12 bits per heavy atom. The third kappa shape index (κ3) is 2.45. The van der Waals surface area contributed by atoms with Gasteiger partial charge in [-0.1, -0.05) is 12.6 Å². The Morgan fingerprint density at radius 2 is 1.77 bits per heavy atom. The standard InChI is InChI=1S/C20H19NO5/c1-12-14-10-18-17(25-11-26-18)9-13(14)7-8-21(12)20(22)19-15(23-2)5-4-6-16(19)24-3/h4-6,9-10H,1,7-8,11H2,2-3H3. The van der Waals surface area contributed by atoms with E-state index in [-0.39, 0.29) is 12.7 Å². The molecule has 0 aliphatic carbocycles. The molecule has 0 spiro atoms. The Bertz CT molecular complexity index is 883. The van der Waals surface area contributed by atoms with Gasteiger partial charge in [-0.15, -0.1) is 0 Å².